The molecule has 4 unspecified atom stereocenters. The lowest BCUT2D eigenvalue weighted by molar-refractivity contribution is 0.124. The van der Waals surface area contributed by atoms with Gasteiger partial charge in [-0.05, 0) is 55.3 Å². The van der Waals surface area contributed by atoms with Gasteiger partial charge in [-0.25, -0.2) is 0 Å². The Balaban J connectivity index is 1.70. The average Bonchev–Trinajstić information content (AvgIpc) is 3.03. The largest absolute Gasteiger partial charge is 0.366 e. The van der Waals surface area contributed by atoms with Gasteiger partial charge in [-0.1, -0.05) is 20.8 Å². The lowest BCUT2D eigenvalue weighted by Crippen LogP contribution is -2.28. The minimum Gasteiger partial charge on any atom is -0.366 e. The quantitative estimate of drug-likeness (QED) is 0.616. The van der Waals surface area contributed by atoms with Gasteiger partial charge >= 0.3 is 0 Å². The topological polar surface area (TPSA) is 12.5 Å². The zero-order valence-electron chi connectivity index (χ0n) is 11.0. The zero-order chi connectivity index (χ0) is 11.3. The van der Waals surface area contributed by atoms with Gasteiger partial charge in [0.05, 0.1) is 11.7 Å². The highest BCUT2D eigenvalue weighted by Crippen LogP contribution is 2.85. The van der Waals surface area contributed by atoms with E-state index in [2.05, 4.69) is 27.7 Å². The predicted molar refractivity (Wildman–Crippen MR) is 64.0 cm³/mol. The van der Waals surface area contributed by atoms with Crippen molar-refractivity contribution in [2.24, 2.45) is 35.0 Å². The SMILES string of the molecule is CC(C)C1CC[C@@H](C)[C@@]23CC4O[C@@]4(C)C2C13. The molecule has 0 aromatic heterocycles. The molecule has 1 spiro atoms. The molecule has 1 heteroatoms. The number of rotatable bonds is 1. The summed E-state index contributed by atoms with van der Waals surface area (Å²) in [6.07, 6.45) is 4.98. The van der Waals surface area contributed by atoms with Gasteiger partial charge in [-0.2, -0.15) is 0 Å². The van der Waals surface area contributed by atoms with E-state index < -0.39 is 0 Å². The Hall–Kier alpha value is -0.0400. The number of ether oxygens (including phenoxy) is 1. The van der Waals surface area contributed by atoms with Crippen LogP contribution in [0.5, 0.6) is 0 Å². The van der Waals surface area contributed by atoms with Crippen molar-refractivity contribution in [2.45, 2.75) is 58.7 Å². The standard InChI is InChI=1S/C15H24O/c1-8(2)10-6-5-9(3)15-7-11-14(4,16-11)13(15)12(10)15/h8-13H,5-7H2,1-4H3/t9-,10?,11?,12?,13?,14-,15-/m1/s1. The molecular weight excluding hydrogens is 196 g/mol. The van der Waals surface area contributed by atoms with Crippen LogP contribution in [0.15, 0.2) is 0 Å². The Labute approximate surface area is 98.9 Å². The van der Waals surface area contributed by atoms with Crippen molar-refractivity contribution in [2.75, 3.05) is 0 Å². The Kier molecular flexibility index (Phi) is 1.57. The fourth-order valence-corrected chi connectivity index (χ4v) is 5.87. The van der Waals surface area contributed by atoms with E-state index in [4.69, 9.17) is 4.74 Å². The van der Waals surface area contributed by atoms with E-state index in [-0.39, 0.29) is 0 Å². The molecule has 0 N–H and O–H groups in total. The van der Waals surface area contributed by atoms with Gasteiger partial charge in [-0.3, -0.25) is 0 Å². The molecule has 1 nitrogen and oxygen atoms in total. The lowest BCUT2D eigenvalue weighted by atomic mass is 9.70. The molecule has 0 aromatic rings. The molecule has 4 aliphatic rings. The van der Waals surface area contributed by atoms with Crippen molar-refractivity contribution in [1.29, 1.82) is 0 Å². The number of hydrogen-bond donors (Lipinski definition) is 0. The summed E-state index contributed by atoms with van der Waals surface area (Å²) < 4.78 is 5.96. The molecule has 0 aromatic carbocycles. The molecule has 0 radical (unpaired) electrons. The highest BCUT2D eigenvalue weighted by atomic mass is 16.6. The molecule has 4 fully saturated rings. The van der Waals surface area contributed by atoms with Gasteiger partial charge in [0.15, 0.2) is 0 Å². The molecule has 0 amide bonds. The Morgan fingerprint density at radius 1 is 1.25 bits per heavy atom. The van der Waals surface area contributed by atoms with Crippen LogP contribution in [0, 0.1) is 35.0 Å². The molecule has 3 saturated carbocycles. The third kappa shape index (κ3) is 0.836. The van der Waals surface area contributed by atoms with Crippen LogP contribution in [0.2, 0.25) is 0 Å². The third-order valence-electron chi connectivity index (χ3n) is 6.75. The van der Waals surface area contributed by atoms with E-state index in [0.29, 0.717) is 11.7 Å². The van der Waals surface area contributed by atoms with Crippen LogP contribution in [0.1, 0.15) is 47.0 Å². The average molecular weight is 220 g/mol. The first-order valence-electron chi connectivity index (χ1n) is 7.19. The van der Waals surface area contributed by atoms with Crippen molar-refractivity contribution in [1.82, 2.24) is 0 Å². The van der Waals surface area contributed by atoms with Crippen molar-refractivity contribution < 1.29 is 4.74 Å². The maximum atomic E-state index is 5.96. The van der Waals surface area contributed by atoms with Crippen molar-refractivity contribution >= 4 is 0 Å². The fraction of sp³-hybridized carbons (Fsp3) is 1.00. The van der Waals surface area contributed by atoms with Gasteiger partial charge in [0.2, 0.25) is 0 Å². The molecule has 16 heavy (non-hydrogen) atoms. The van der Waals surface area contributed by atoms with Gasteiger partial charge in [0.1, 0.15) is 0 Å². The molecular formula is C15H24O. The van der Waals surface area contributed by atoms with E-state index >= 15 is 0 Å². The fourth-order valence-electron chi connectivity index (χ4n) is 5.87. The molecule has 1 heterocycles. The van der Waals surface area contributed by atoms with Crippen LogP contribution in [0.3, 0.4) is 0 Å². The molecule has 0 bridgehead atoms. The first-order chi connectivity index (χ1) is 7.52. The Morgan fingerprint density at radius 2 is 2.00 bits per heavy atom. The van der Waals surface area contributed by atoms with Crippen molar-refractivity contribution in [3.63, 3.8) is 0 Å². The van der Waals surface area contributed by atoms with Crippen molar-refractivity contribution in [3.8, 4) is 0 Å². The Bertz CT molecular complexity index is 349. The maximum Gasteiger partial charge on any atom is 0.0957 e. The summed E-state index contributed by atoms with van der Waals surface area (Å²) in [4.78, 5) is 0. The van der Waals surface area contributed by atoms with E-state index in [9.17, 15) is 0 Å². The normalized spacial score (nSPS) is 66.2. The number of fused-ring (bicyclic) bond motifs is 3. The minimum atomic E-state index is 0.316. The van der Waals surface area contributed by atoms with Gasteiger partial charge in [0, 0.05) is 5.92 Å². The monoisotopic (exact) mass is 220 g/mol. The summed E-state index contributed by atoms with van der Waals surface area (Å²) >= 11 is 0. The Morgan fingerprint density at radius 3 is 2.69 bits per heavy atom. The summed E-state index contributed by atoms with van der Waals surface area (Å²) in [6.45, 7) is 9.75. The van der Waals surface area contributed by atoms with Crippen LogP contribution < -0.4 is 0 Å². The first-order valence-corrected chi connectivity index (χ1v) is 7.19. The second kappa shape index (κ2) is 2.53. The van der Waals surface area contributed by atoms with Crippen LogP contribution >= 0.6 is 0 Å². The summed E-state index contributed by atoms with van der Waals surface area (Å²) in [7, 11) is 0. The molecule has 1 aliphatic heterocycles. The van der Waals surface area contributed by atoms with E-state index in [0.717, 1.165) is 35.0 Å². The summed E-state index contributed by atoms with van der Waals surface area (Å²) in [5.74, 6) is 4.77. The van der Waals surface area contributed by atoms with E-state index in [1.165, 1.54) is 19.3 Å². The number of hydrogen-bond acceptors (Lipinski definition) is 1. The van der Waals surface area contributed by atoms with Gasteiger partial charge in [-0.15, -0.1) is 0 Å². The highest BCUT2D eigenvalue weighted by Gasteiger charge is 2.87. The lowest BCUT2D eigenvalue weighted by Gasteiger charge is -2.35. The maximum absolute atomic E-state index is 5.96. The minimum absolute atomic E-state index is 0.316. The summed E-state index contributed by atoms with van der Waals surface area (Å²) in [5, 5.41) is 0. The third-order valence-corrected chi connectivity index (χ3v) is 6.75. The zero-order valence-corrected chi connectivity index (χ0v) is 11.0. The molecule has 90 valence electrons. The molecule has 3 aliphatic carbocycles. The molecule has 7 atom stereocenters. The second-order valence-corrected chi connectivity index (χ2v) is 7.50. The molecule has 1 saturated heterocycles. The summed E-state index contributed by atoms with van der Waals surface area (Å²) in [6, 6.07) is 0. The van der Waals surface area contributed by atoms with E-state index in [1.54, 1.807) is 0 Å². The van der Waals surface area contributed by atoms with Crippen LogP contribution in [-0.2, 0) is 4.74 Å². The highest BCUT2D eigenvalue weighted by molar-refractivity contribution is 5.34. The number of epoxide rings is 1. The van der Waals surface area contributed by atoms with Crippen LogP contribution in [0.4, 0.5) is 0 Å². The van der Waals surface area contributed by atoms with Crippen LogP contribution in [-0.4, -0.2) is 11.7 Å². The van der Waals surface area contributed by atoms with Gasteiger partial charge in [0.25, 0.3) is 0 Å². The van der Waals surface area contributed by atoms with E-state index in [1.807, 2.05) is 0 Å². The first kappa shape index (κ1) is 9.94. The summed E-state index contributed by atoms with van der Waals surface area (Å²) in [5.41, 5.74) is 1.04. The predicted octanol–water partition coefficient (Wildman–Crippen LogP) is 3.48. The smallest absolute Gasteiger partial charge is 0.0957 e. The van der Waals surface area contributed by atoms with Gasteiger partial charge < -0.3 is 4.74 Å². The van der Waals surface area contributed by atoms with Crippen molar-refractivity contribution in [3.05, 3.63) is 0 Å². The van der Waals surface area contributed by atoms with Crippen LogP contribution in [0.25, 0.3) is 0 Å². The molecule has 4 rings (SSSR count). The second-order valence-electron chi connectivity index (χ2n) is 7.50.